The topological polar surface area (TPSA) is 194 Å². The number of aliphatic hydroxyl groups is 1. The van der Waals surface area contributed by atoms with E-state index in [4.69, 9.17) is 28.4 Å². The minimum atomic E-state index is -2.20. The van der Waals surface area contributed by atoms with Crippen LogP contribution in [0.2, 0.25) is 0 Å². The summed E-state index contributed by atoms with van der Waals surface area (Å²) in [6.07, 6.45) is -4.74. The summed E-state index contributed by atoms with van der Waals surface area (Å²) in [5.74, 6) is -3.40. The van der Waals surface area contributed by atoms with Gasteiger partial charge in [0.15, 0.2) is 24.6 Å². The molecule has 2 aromatic rings. The third kappa shape index (κ3) is 5.83. The zero-order valence-electron chi connectivity index (χ0n) is 31.7. The van der Waals surface area contributed by atoms with Gasteiger partial charge in [-0.1, -0.05) is 12.1 Å². The molecule has 2 amide bonds. The highest BCUT2D eigenvalue weighted by molar-refractivity contribution is 6.31. The fourth-order valence-electron chi connectivity index (χ4n) is 9.70. The van der Waals surface area contributed by atoms with Gasteiger partial charge in [0.1, 0.15) is 29.0 Å². The fourth-order valence-corrected chi connectivity index (χ4v) is 9.70. The number of hydrogen-bond acceptors (Lipinski definition) is 14. The predicted molar refractivity (Wildman–Crippen MR) is 190 cm³/mol. The Morgan fingerprint density at radius 3 is 2.42 bits per heavy atom. The summed E-state index contributed by atoms with van der Waals surface area (Å²) in [7, 11) is 2.90. The Bertz CT molecular complexity index is 1970. The van der Waals surface area contributed by atoms with Crippen molar-refractivity contribution in [2.45, 2.75) is 101 Å². The second-order valence-corrected chi connectivity index (χ2v) is 15.9. The lowest BCUT2D eigenvalue weighted by atomic mass is 9.72. The van der Waals surface area contributed by atoms with E-state index in [1.54, 1.807) is 12.0 Å². The van der Waals surface area contributed by atoms with Crippen molar-refractivity contribution in [3.05, 3.63) is 51.6 Å². The number of amides is 2. The third-order valence-electron chi connectivity index (χ3n) is 12.1. The van der Waals surface area contributed by atoms with Crippen molar-refractivity contribution in [3.63, 3.8) is 0 Å². The lowest BCUT2D eigenvalue weighted by Gasteiger charge is -2.49. The van der Waals surface area contributed by atoms with Crippen LogP contribution < -0.4 is 4.74 Å². The summed E-state index contributed by atoms with van der Waals surface area (Å²) in [5.41, 5.74) is -4.02. The Morgan fingerprint density at radius 2 is 1.73 bits per heavy atom. The number of benzene rings is 2. The van der Waals surface area contributed by atoms with Crippen LogP contribution in [0.25, 0.3) is 0 Å². The molecule has 16 heteroatoms. The molecule has 16 nitrogen and oxygen atoms in total. The molecular formula is C39H47N3O13. The number of carbonyl (C=O) groups excluding carboxylic acids is 4. The standard InChI is InChI=1S/C39H47N3O13/c1-18-34-22(41-12-13-52-36(51-6)35(41)55-34)14-25(53-18)54-24-16-39(49,37(48)40-10-11-42(19(2)43)38(3,4)17-40)15-21-27(24)33(47)29-28(31(21)45)30(44)20-8-7-9-23(50-5)26(20)32(29)46/h7-9,18,22,24-25,34-36,45,47,49H,10-17H2,1-6H3/t18-,22-,24-,25-,34+,35+,36-,39-/m0/s1. The molecule has 2 aromatic carbocycles. The molecule has 4 saturated heterocycles. The largest absolute Gasteiger partial charge is 0.507 e. The van der Waals surface area contributed by atoms with Gasteiger partial charge in [0.2, 0.25) is 11.7 Å². The molecule has 296 valence electrons. The number of rotatable bonds is 5. The second kappa shape index (κ2) is 13.5. The van der Waals surface area contributed by atoms with Crippen molar-refractivity contribution in [2.24, 2.45) is 0 Å². The van der Waals surface area contributed by atoms with Crippen molar-refractivity contribution in [2.75, 3.05) is 47.0 Å². The SMILES string of the molecule is COc1cccc2c1C(=O)c1c(O)c3c(c(O)c1C2=O)C[C@@](O)(C(=O)N1CCN(C(C)=O)C(C)(C)C1)C[C@@H]3O[C@H]1C[C@H]2[C@H](O[C@@H]3[C@@H](OC)OCCN32)[C@H](C)O1. The van der Waals surface area contributed by atoms with E-state index >= 15 is 0 Å². The highest BCUT2D eigenvalue weighted by Gasteiger charge is 2.56. The van der Waals surface area contributed by atoms with Crippen LogP contribution in [0.3, 0.4) is 0 Å². The lowest BCUT2D eigenvalue weighted by molar-refractivity contribution is -0.256. The van der Waals surface area contributed by atoms with Crippen molar-refractivity contribution in [3.8, 4) is 17.2 Å². The van der Waals surface area contributed by atoms with Crippen molar-refractivity contribution in [1.82, 2.24) is 14.7 Å². The molecule has 0 spiro atoms. The maximum atomic E-state index is 14.5. The summed E-state index contributed by atoms with van der Waals surface area (Å²) in [6.45, 7) is 8.48. The molecule has 55 heavy (non-hydrogen) atoms. The summed E-state index contributed by atoms with van der Waals surface area (Å²) in [4.78, 5) is 60.4. The average Bonchev–Trinajstić information content (AvgIpc) is 3.53. The fraction of sp³-hybridized carbons (Fsp3) is 0.590. The third-order valence-corrected chi connectivity index (χ3v) is 12.1. The Kier molecular flexibility index (Phi) is 9.27. The van der Waals surface area contributed by atoms with Gasteiger partial charge in [0.05, 0.1) is 48.2 Å². The summed E-state index contributed by atoms with van der Waals surface area (Å²) < 4.78 is 36.0. The summed E-state index contributed by atoms with van der Waals surface area (Å²) >= 11 is 0. The molecule has 8 atom stereocenters. The molecule has 2 aliphatic carbocycles. The Balaban J connectivity index is 1.19. The number of fused-ring (bicyclic) bond motifs is 6. The van der Waals surface area contributed by atoms with Gasteiger partial charge in [-0.05, 0) is 26.8 Å². The normalized spacial score (nSPS) is 32.6. The summed E-state index contributed by atoms with van der Waals surface area (Å²) in [6, 6.07) is 4.31. The minimum absolute atomic E-state index is 0.0259. The molecule has 0 unspecified atom stereocenters. The first-order chi connectivity index (χ1) is 26.1. The second-order valence-electron chi connectivity index (χ2n) is 15.9. The first-order valence-corrected chi connectivity index (χ1v) is 18.6. The highest BCUT2D eigenvalue weighted by atomic mass is 16.7. The first kappa shape index (κ1) is 37.7. The molecule has 0 bridgehead atoms. The van der Waals surface area contributed by atoms with Crippen molar-refractivity contribution in [1.29, 1.82) is 0 Å². The Hall–Kier alpha value is -4.16. The van der Waals surface area contributed by atoms with Crippen LogP contribution in [-0.2, 0) is 39.7 Å². The van der Waals surface area contributed by atoms with Crippen LogP contribution in [0.1, 0.15) is 89.6 Å². The number of ether oxygens (including phenoxy) is 6. The number of methoxy groups -OCH3 is 2. The molecule has 0 aromatic heterocycles. The van der Waals surface area contributed by atoms with Crippen LogP contribution in [0.15, 0.2) is 18.2 Å². The molecular weight excluding hydrogens is 718 g/mol. The predicted octanol–water partition coefficient (Wildman–Crippen LogP) is 1.62. The summed E-state index contributed by atoms with van der Waals surface area (Å²) in [5, 5.41) is 36.5. The van der Waals surface area contributed by atoms with Gasteiger partial charge >= 0.3 is 0 Å². The van der Waals surface area contributed by atoms with Gasteiger partial charge < -0.3 is 53.5 Å². The van der Waals surface area contributed by atoms with E-state index in [9.17, 15) is 34.5 Å². The number of aromatic hydroxyl groups is 2. The molecule has 0 saturated carbocycles. The van der Waals surface area contributed by atoms with Crippen LogP contribution in [0.4, 0.5) is 0 Å². The van der Waals surface area contributed by atoms with Crippen LogP contribution in [0.5, 0.6) is 17.2 Å². The van der Waals surface area contributed by atoms with E-state index in [0.717, 1.165) is 0 Å². The number of nitrogens with zero attached hydrogens (tertiary/aromatic N) is 3. The maximum absolute atomic E-state index is 14.5. The Morgan fingerprint density at radius 1 is 0.982 bits per heavy atom. The van der Waals surface area contributed by atoms with E-state index in [2.05, 4.69) is 4.90 Å². The molecule has 4 fully saturated rings. The van der Waals surface area contributed by atoms with E-state index in [-0.39, 0.29) is 72.1 Å². The quantitative estimate of drug-likeness (QED) is 0.317. The van der Waals surface area contributed by atoms with E-state index in [1.807, 2.05) is 20.8 Å². The number of phenolic OH excluding ortho intramolecular Hbond substituents is 2. The number of piperazine rings is 1. The van der Waals surface area contributed by atoms with E-state index in [0.29, 0.717) is 19.6 Å². The van der Waals surface area contributed by atoms with Crippen molar-refractivity contribution < 1.29 is 62.9 Å². The molecule has 6 aliphatic rings. The van der Waals surface area contributed by atoms with Gasteiger partial charge in [0.25, 0.3) is 5.91 Å². The monoisotopic (exact) mass is 765 g/mol. The molecule has 8 rings (SSSR count). The van der Waals surface area contributed by atoms with Crippen LogP contribution in [-0.4, -0.2) is 149 Å². The van der Waals surface area contributed by atoms with Gasteiger partial charge in [-0.2, -0.15) is 0 Å². The van der Waals surface area contributed by atoms with E-state index < -0.39 is 88.7 Å². The zero-order valence-corrected chi connectivity index (χ0v) is 31.7. The molecule has 4 aliphatic heterocycles. The number of ketones is 2. The van der Waals surface area contributed by atoms with Crippen LogP contribution >= 0.6 is 0 Å². The zero-order chi connectivity index (χ0) is 39.3. The number of hydrogen-bond donors (Lipinski definition) is 3. The van der Waals surface area contributed by atoms with Crippen molar-refractivity contribution >= 4 is 23.4 Å². The number of morpholine rings is 1. The van der Waals surface area contributed by atoms with Gasteiger partial charge in [-0.25, -0.2) is 0 Å². The Labute approximate surface area is 317 Å². The van der Waals surface area contributed by atoms with Gasteiger partial charge in [0, 0.05) is 82.2 Å². The van der Waals surface area contributed by atoms with Crippen LogP contribution in [0, 0.1) is 0 Å². The lowest BCUT2D eigenvalue weighted by Crippen LogP contribution is -2.65. The molecule has 0 radical (unpaired) electrons. The van der Waals surface area contributed by atoms with Gasteiger partial charge in [-0.15, -0.1) is 0 Å². The highest BCUT2D eigenvalue weighted by Crippen LogP contribution is 2.53. The molecule has 4 heterocycles. The average molecular weight is 766 g/mol. The first-order valence-electron chi connectivity index (χ1n) is 18.6. The van der Waals surface area contributed by atoms with Gasteiger partial charge in [-0.3, -0.25) is 24.1 Å². The maximum Gasteiger partial charge on any atom is 0.255 e. The van der Waals surface area contributed by atoms with E-state index in [1.165, 1.54) is 37.1 Å². The molecule has 3 N–H and O–H groups in total. The number of carbonyl (C=O) groups is 4. The number of phenols is 2. The smallest absolute Gasteiger partial charge is 0.255 e. The minimum Gasteiger partial charge on any atom is -0.507 e.